The molecule has 7 heteroatoms. The molecule has 0 spiro atoms. The van der Waals surface area contributed by atoms with Crippen LogP contribution >= 0.6 is 11.3 Å². The van der Waals surface area contributed by atoms with Gasteiger partial charge in [-0.2, -0.15) is 5.26 Å². The fourth-order valence-corrected chi connectivity index (χ4v) is 3.66. The first kappa shape index (κ1) is 15.5. The van der Waals surface area contributed by atoms with E-state index in [1.54, 1.807) is 29.1 Å². The van der Waals surface area contributed by atoms with Crippen molar-refractivity contribution in [2.24, 2.45) is 0 Å². The molecule has 0 unspecified atom stereocenters. The van der Waals surface area contributed by atoms with E-state index in [0.717, 1.165) is 29.1 Å². The molecule has 25 heavy (non-hydrogen) atoms. The van der Waals surface area contributed by atoms with Crippen molar-refractivity contribution in [1.82, 2.24) is 14.9 Å². The highest BCUT2D eigenvalue weighted by Crippen LogP contribution is 2.21. The SMILES string of the molecule is N#Cc1ccc(N2CCN(C(=O)c3ccc4ncsc4c3)CC2)nc1. The number of thiazole rings is 1. The van der Waals surface area contributed by atoms with E-state index in [0.29, 0.717) is 24.2 Å². The number of nitrogens with zero attached hydrogens (tertiary/aromatic N) is 5. The maximum atomic E-state index is 12.7. The van der Waals surface area contributed by atoms with E-state index in [-0.39, 0.29) is 5.91 Å². The molecule has 0 bridgehead atoms. The van der Waals surface area contributed by atoms with Crippen LogP contribution in [0.15, 0.2) is 42.0 Å². The van der Waals surface area contributed by atoms with E-state index in [1.165, 1.54) is 0 Å². The number of benzene rings is 1. The highest BCUT2D eigenvalue weighted by Gasteiger charge is 2.23. The van der Waals surface area contributed by atoms with Gasteiger partial charge in [0.05, 0.1) is 21.3 Å². The summed E-state index contributed by atoms with van der Waals surface area (Å²) in [5.41, 5.74) is 3.98. The molecule has 1 aromatic carbocycles. The van der Waals surface area contributed by atoms with Gasteiger partial charge in [-0.25, -0.2) is 9.97 Å². The van der Waals surface area contributed by atoms with Crippen molar-refractivity contribution < 1.29 is 4.79 Å². The fraction of sp³-hybridized carbons (Fsp3) is 0.222. The molecule has 3 heterocycles. The minimum absolute atomic E-state index is 0.0581. The van der Waals surface area contributed by atoms with E-state index in [2.05, 4.69) is 20.9 Å². The van der Waals surface area contributed by atoms with Gasteiger partial charge in [0.1, 0.15) is 11.9 Å². The third kappa shape index (κ3) is 3.04. The maximum Gasteiger partial charge on any atom is 0.254 e. The number of carbonyl (C=O) groups excluding carboxylic acids is 1. The summed E-state index contributed by atoms with van der Waals surface area (Å²) in [6.07, 6.45) is 1.58. The van der Waals surface area contributed by atoms with Crippen LogP contribution in [0.1, 0.15) is 15.9 Å². The zero-order valence-electron chi connectivity index (χ0n) is 13.4. The van der Waals surface area contributed by atoms with Crippen LogP contribution in [0, 0.1) is 11.3 Å². The standard InChI is InChI=1S/C18H15N5OS/c19-10-13-1-4-17(20-11-13)22-5-7-23(8-6-22)18(24)14-2-3-15-16(9-14)25-12-21-15/h1-4,9,11-12H,5-8H2. The molecule has 6 nitrogen and oxygen atoms in total. The minimum Gasteiger partial charge on any atom is -0.353 e. The molecule has 0 N–H and O–H groups in total. The molecule has 2 aromatic heterocycles. The highest BCUT2D eigenvalue weighted by atomic mass is 32.1. The summed E-state index contributed by atoms with van der Waals surface area (Å²) in [6.45, 7) is 2.77. The average molecular weight is 349 g/mol. The van der Waals surface area contributed by atoms with Gasteiger partial charge in [0.15, 0.2) is 0 Å². The monoisotopic (exact) mass is 349 g/mol. The smallest absolute Gasteiger partial charge is 0.254 e. The van der Waals surface area contributed by atoms with Gasteiger partial charge in [-0.3, -0.25) is 4.79 Å². The first-order valence-corrected chi connectivity index (χ1v) is 8.86. The van der Waals surface area contributed by atoms with Gasteiger partial charge in [0.25, 0.3) is 5.91 Å². The number of hydrogen-bond donors (Lipinski definition) is 0. The summed E-state index contributed by atoms with van der Waals surface area (Å²) < 4.78 is 1.03. The molecule has 3 aromatic rings. The van der Waals surface area contributed by atoms with E-state index in [1.807, 2.05) is 29.2 Å². The lowest BCUT2D eigenvalue weighted by Crippen LogP contribution is -2.49. The Kier molecular flexibility index (Phi) is 4.04. The molecule has 1 amide bonds. The Bertz CT molecular complexity index is 952. The van der Waals surface area contributed by atoms with Crippen molar-refractivity contribution >= 4 is 33.3 Å². The summed E-state index contributed by atoms with van der Waals surface area (Å²) >= 11 is 1.54. The van der Waals surface area contributed by atoms with E-state index >= 15 is 0 Å². The number of carbonyl (C=O) groups is 1. The molecule has 0 saturated carbocycles. The number of nitriles is 1. The van der Waals surface area contributed by atoms with Crippen LogP contribution in [0.25, 0.3) is 10.2 Å². The number of aromatic nitrogens is 2. The molecule has 1 saturated heterocycles. The number of pyridine rings is 1. The van der Waals surface area contributed by atoms with Crippen LogP contribution in [-0.4, -0.2) is 47.0 Å². The van der Waals surface area contributed by atoms with Crippen LogP contribution in [0.3, 0.4) is 0 Å². The third-order valence-corrected chi connectivity index (χ3v) is 5.14. The number of rotatable bonds is 2. The van der Waals surface area contributed by atoms with Crippen molar-refractivity contribution in [1.29, 1.82) is 5.26 Å². The van der Waals surface area contributed by atoms with Crippen LogP contribution in [0.2, 0.25) is 0 Å². The Balaban J connectivity index is 1.43. The molecule has 1 fully saturated rings. The molecular formula is C18H15N5OS. The second-order valence-corrected chi connectivity index (χ2v) is 6.72. The third-order valence-electron chi connectivity index (χ3n) is 4.35. The number of hydrogen-bond acceptors (Lipinski definition) is 6. The van der Waals surface area contributed by atoms with Crippen LogP contribution in [0.4, 0.5) is 5.82 Å². The lowest BCUT2D eigenvalue weighted by molar-refractivity contribution is 0.0746. The molecule has 0 radical (unpaired) electrons. The highest BCUT2D eigenvalue weighted by molar-refractivity contribution is 7.16. The zero-order chi connectivity index (χ0) is 17.2. The van der Waals surface area contributed by atoms with Crippen molar-refractivity contribution in [2.45, 2.75) is 0 Å². The van der Waals surface area contributed by atoms with Crippen molar-refractivity contribution in [3.8, 4) is 6.07 Å². The average Bonchev–Trinajstić information content (AvgIpc) is 3.15. The number of fused-ring (bicyclic) bond motifs is 1. The van der Waals surface area contributed by atoms with Crippen molar-refractivity contribution in [2.75, 3.05) is 31.1 Å². The summed E-state index contributed by atoms with van der Waals surface area (Å²) in [7, 11) is 0. The lowest BCUT2D eigenvalue weighted by Gasteiger charge is -2.35. The quantitative estimate of drug-likeness (QED) is 0.711. The van der Waals surface area contributed by atoms with Gasteiger partial charge < -0.3 is 9.80 Å². The summed E-state index contributed by atoms with van der Waals surface area (Å²) in [5, 5.41) is 8.84. The molecule has 0 aliphatic carbocycles. The van der Waals surface area contributed by atoms with E-state index in [4.69, 9.17) is 5.26 Å². The summed E-state index contributed by atoms with van der Waals surface area (Å²) in [5.74, 6) is 0.903. The second kappa shape index (κ2) is 6.49. The Hall–Kier alpha value is -2.98. The first-order chi connectivity index (χ1) is 12.2. The maximum absolute atomic E-state index is 12.7. The Morgan fingerprint density at radius 3 is 2.68 bits per heavy atom. The number of amides is 1. The number of piperazine rings is 1. The predicted molar refractivity (Wildman–Crippen MR) is 96.7 cm³/mol. The Morgan fingerprint density at radius 2 is 1.96 bits per heavy atom. The predicted octanol–water partition coefficient (Wildman–Crippen LogP) is 2.53. The fourth-order valence-electron chi connectivity index (χ4n) is 2.95. The number of anilines is 1. The molecular weight excluding hydrogens is 334 g/mol. The minimum atomic E-state index is 0.0581. The van der Waals surface area contributed by atoms with Crippen molar-refractivity contribution in [3.63, 3.8) is 0 Å². The molecule has 1 aliphatic heterocycles. The van der Waals surface area contributed by atoms with Crippen LogP contribution in [-0.2, 0) is 0 Å². The van der Waals surface area contributed by atoms with Gasteiger partial charge in [-0.15, -0.1) is 11.3 Å². The van der Waals surface area contributed by atoms with Crippen molar-refractivity contribution in [3.05, 3.63) is 53.2 Å². The first-order valence-electron chi connectivity index (χ1n) is 7.98. The van der Waals surface area contributed by atoms with Gasteiger partial charge in [0, 0.05) is 37.9 Å². The van der Waals surface area contributed by atoms with Crippen LogP contribution in [0.5, 0.6) is 0 Å². The zero-order valence-corrected chi connectivity index (χ0v) is 14.2. The molecule has 0 atom stereocenters. The van der Waals surface area contributed by atoms with E-state index in [9.17, 15) is 4.79 Å². The topological polar surface area (TPSA) is 73.1 Å². The van der Waals surface area contributed by atoms with E-state index < -0.39 is 0 Å². The molecule has 124 valence electrons. The molecule has 4 rings (SSSR count). The normalized spacial score (nSPS) is 14.5. The van der Waals surface area contributed by atoms with Gasteiger partial charge in [-0.1, -0.05) is 0 Å². The largest absolute Gasteiger partial charge is 0.353 e. The van der Waals surface area contributed by atoms with Gasteiger partial charge in [0.2, 0.25) is 0 Å². The van der Waals surface area contributed by atoms with Gasteiger partial charge >= 0.3 is 0 Å². The second-order valence-electron chi connectivity index (χ2n) is 5.83. The Labute approximate surface area is 149 Å². The van der Waals surface area contributed by atoms with Crippen LogP contribution < -0.4 is 4.90 Å². The summed E-state index contributed by atoms with van der Waals surface area (Å²) in [6, 6.07) is 11.4. The lowest BCUT2D eigenvalue weighted by atomic mass is 10.1. The summed E-state index contributed by atoms with van der Waals surface area (Å²) in [4.78, 5) is 25.3. The van der Waals surface area contributed by atoms with Gasteiger partial charge in [-0.05, 0) is 30.3 Å². The molecule has 1 aliphatic rings. The Morgan fingerprint density at radius 1 is 1.12 bits per heavy atom.